The largest absolute Gasteiger partial charge is 0.454 e. The zero-order valence-electron chi connectivity index (χ0n) is 13.9. The second kappa shape index (κ2) is 7.43. The van der Waals surface area contributed by atoms with Gasteiger partial charge in [0.25, 0.3) is 0 Å². The van der Waals surface area contributed by atoms with E-state index in [2.05, 4.69) is 4.72 Å². The molecule has 6 nitrogen and oxygen atoms in total. The zero-order chi connectivity index (χ0) is 17.9. The minimum Gasteiger partial charge on any atom is -0.454 e. The number of benzene rings is 2. The summed E-state index contributed by atoms with van der Waals surface area (Å²) in [6.45, 7) is 2.25. The van der Waals surface area contributed by atoms with Gasteiger partial charge in [-0.2, -0.15) is 0 Å². The number of sulfonamides is 1. The van der Waals surface area contributed by atoms with Crippen molar-refractivity contribution in [3.05, 3.63) is 59.2 Å². The molecule has 0 saturated carbocycles. The lowest BCUT2D eigenvalue weighted by molar-refractivity contribution is 0.166. The predicted octanol–water partition coefficient (Wildman–Crippen LogP) is 2.27. The highest BCUT2D eigenvalue weighted by atomic mass is 32.2. The predicted molar refractivity (Wildman–Crippen MR) is 93.9 cm³/mol. The van der Waals surface area contributed by atoms with Crippen LogP contribution in [0.4, 0.5) is 0 Å². The molecule has 1 aliphatic heterocycles. The summed E-state index contributed by atoms with van der Waals surface area (Å²) >= 11 is 0. The van der Waals surface area contributed by atoms with E-state index in [9.17, 15) is 13.5 Å². The van der Waals surface area contributed by atoms with Crippen molar-refractivity contribution in [2.45, 2.75) is 25.2 Å². The molecule has 3 rings (SSSR count). The Kier molecular flexibility index (Phi) is 5.27. The third-order valence-corrected chi connectivity index (χ3v) is 5.32. The van der Waals surface area contributed by atoms with Crippen molar-refractivity contribution in [2.24, 2.45) is 0 Å². The van der Waals surface area contributed by atoms with Gasteiger partial charge < -0.3 is 14.6 Å². The van der Waals surface area contributed by atoms with Gasteiger partial charge in [-0.15, -0.1) is 0 Å². The zero-order valence-corrected chi connectivity index (χ0v) is 14.8. The highest BCUT2D eigenvalue weighted by Gasteiger charge is 2.17. The Balaban J connectivity index is 1.53. The maximum atomic E-state index is 12.2. The second-order valence-corrected chi connectivity index (χ2v) is 7.87. The number of nitrogens with one attached hydrogen (secondary N) is 1. The van der Waals surface area contributed by atoms with Crippen LogP contribution < -0.4 is 14.2 Å². The van der Waals surface area contributed by atoms with Crippen LogP contribution in [0.15, 0.2) is 42.5 Å². The Labute approximate surface area is 147 Å². The Morgan fingerprint density at radius 2 is 1.96 bits per heavy atom. The number of aliphatic hydroxyl groups is 1. The van der Waals surface area contributed by atoms with Crippen molar-refractivity contribution in [1.29, 1.82) is 0 Å². The first-order chi connectivity index (χ1) is 11.9. The highest BCUT2D eigenvalue weighted by Crippen LogP contribution is 2.34. The van der Waals surface area contributed by atoms with Gasteiger partial charge in [-0.05, 0) is 36.6 Å². The summed E-state index contributed by atoms with van der Waals surface area (Å²) in [5.41, 5.74) is 2.43. The Hall–Kier alpha value is -2.09. The number of aryl methyl sites for hydroxylation is 1. The average Bonchev–Trinajstić information content (AvgIpc) is 3.01. The molecule has 0 fully saturated rings. The Bertz CT molecular complexity index is 850. The minimum absolute atomic E-state index is 0.0746. The molecule has 134 valence electrons. The van der Waals surface area contributed by atoms with Gasteiger partial charge >= 0.3 is 0 Å². The first kappa shape index (κ1) is 17.7. The molecule has 1 aliphatic rings. The minimum atomic E-state index is -3.44. The second-order valence-electron chi connectivity index (χ2n) is 6.06. The van der Waals surface area contributed by atoms with E-state index in [1.165, 1.54) is 0 Å². The molecule has 25 heavy (non-hydrogen) atoms. The van der Waals surface area contributed by atoms with E-state index in [1.807, 2.05) is 25.1 Å². The van der Waals surface area contributed by atoms with E-state index in [1.54, 1.807) is 24.3 Å². The molecule has 0 amide bonds. The molecule has 2 aromatic carbocycles. The van der Waals surface area contributed by atoms with E-state index in [4.69, 9.17) is 9.47 Å². The molecule has 0 saturated heterocycles. The van der Waals surface area contributed by atoms with Crippen LogP contribution in [0.2, 0.25) is 0 Å². The smallest absolute Gasteiger partial charge is 0.231 e. The normalized spacial score (nSPS) is 14.5. The fraction of sp³-hybridized carbons (Fsp3) is 0.333. The van der Waals surface area contributed by atoms with Crippen molar-refractivity contribution in [3.63, 3.8) is 0 Å². The van der Waals surface area contributed by atoms with Crippen molar-refractivity contribution >= 4 is 10.0 Å². The fourth-order valence-electron chi connectivity index (χ4n) is 2.71. The number of rotatable bonds is 7. The lowest BCUT2D eigenvalue weighted by Crippen LogP contribution is -2.27. The van der Waals surface area contributed by atoms with E-state index >= 15 is 0 Å². The van der Waals surface area contributed by atoms with Crippen molar-refractivity contribution in [1.82, 2.24) is 4.72 Å². The van der Waals surface area contributed by atoms with Gasteiger partial charge in [-0.1, -0.05) is 35.9 Å². The molecular weight excluding hydrogens is 342 g/mol. The number of hydrogen-bond acceptors (Lipinski definition) is 5. The van der Waals surface area contributed by atoms with Gasteiger partial charge in [0, 0.05) is 6.54 Å². The topological polar surface area (TPSA) is 84.9 Å². The molecule has 0 aromatic heterocycles. The average molecular weight is 363 g/mol. The summed E-state index contributed by atoms with van der Waals surface area (Å²) in [6.07, 6.45) is -0.511. The van der Waals surface area contributed by atoms with Crippen LogP contribution in [-0.2, 0) is 15.8 Å². The molecular formula is C18H21NO5S. The van der Waals surface area contributed by atoms with E-state index in [0.717, 1.165) is 11.1 Å². The number of hydrogen-bond donors (Lipinski definition) is 2. The van der Waals surface area contributed by atoms with Crippen LogP contribution in [0.25, 0.3) is 0 Å². The molecule has 1 heterocycles. The van der Waals surface area contributed by atoms with E-state index < -0.39 is 16.1 Å². The molecule has 0 aliphatic carbocycles. The lowest BCUT2D eigenvalue weighted by atomic mass is 10.1. The fourth-order valence-corrected chi connectivity index (χ4v) is 3.86. The Morgan fingerprint density at radius 3 is 2.76 bits per heavy atom. The van der Waals surface area contributed by atoms with Gasteiger partial charge in [0.1, 0.15) is 0 Å². The first-order valence-corrected chi connectivity index (χ1v) is 9.69. The molecule has 1 unspecified atom stereocenters. The molecule has 0 spiro atoms. The molecule has 0 bridgehead atoms. The van der Waals surface area contributed by atoms with Crippen molar-refractivity contribution in [2.75, 3.05) is 13.3 Å². The molecule has 2 aromatic rings. The summed E-state index contributed by atoms with van der Waals surface area (Å²) in [5, 5.41) is 10.2. The third kappa shape index (κ3) is 4.72. The van der Waals surface area contributed by atoms with Crippen LogP contribution in [0.3, 0.4) is 0 Å². The van der Waals surface area contributed by atoms with Crippen LogP contribution in [0, 0.1) is 6.92 Å². The van der Waals surface area contributed by atoms with E-state index in [0.29, 0.717) is 17.1 Å². The molecule has 0 radical (unpaired) electrons. The third-order valence-electron chi connectivity index (χ3n) is 3.96. The van der Waals surface area contributed by atoms with Crippen molar-refractivity contribution < 1.29 is 23.0 Å². The SMILES string of the molecule is Cc1cccc(CS(=O)(=O)NCCC(O)c2ccc3c(c2)OCO3)c1. The van der Waals surface area contributed by atoms with Gasteiger partial charge in [0.15, 0.2) is 11.5 Å². The molecule has 7 heteroatoms. The van der Waals surface area contributed by atoms with Gasteiger partial charge in [-0.3, -0.25) is 0 Å². The Morgan fingerprint density at radius 1 is 1.16 bits per heavy atom. The van der Waals surface area contributed by atoms with Crippen LogP contribution in [-0.4, -0.2) is 26.9 Å². The molecule has 2 N–H and O–H groups in total. The number of fused-ring (bicyclic) bond motifs is 1. The van der Waals surface area contributed by atoms with Crippen LogP contribution >= 0.6 is 0 Å². The van der Waals surface area contributed by atoms with Gasteiger partial charge in [-0.25, -0.2) is 13.1 Å². The molecule has 1 atom stereocenters. The number of ether oxygens (including phenoxy) is 2. The first-order valence-electron chi connectivity index (χ1n) is 8.03. The highest BCUT2D eigenvalue weighted by molar-refractivity contribution is 7.88. The standard InChI is InChI=1S/C18H21NO5S/c1-13-3-2-4-14(9-13)11-25(21,22)19-8-7-16(20)15-5-6-17-18(10-15)24-12-23-17/h2-6,9-10,16,19-20H,7-8,11-12H2,1H3. The summed E-state index contributed by atoms with van der Waals surface area (Å²) in [4.78, 5) is 0. The summed E-state index contributed by atoms with van der Waals surface area (Å²) in [7, 11) is -3.44. The summed E-state index contributed by atoms with van der Waals surface area (Å²) < 4.78 is 37.4. The maximum Gasteiger partial charge on any atom is 0.231 e. The summed E-state index contributed by atoms with van der Waals surface area (Å²) in [5.74, 6) is 1.17. The van der Waals surface area contributed by atoms with Crippen LogP contribution in [0.1, 0.15) is 29.2 Å². The van der Waals surface area contributed by atoms with Gasteiger partial charge in [0.2, 0.25) is 16.8 Å². The monoisotopic (exact) mass is 363 g/mol. The van der Waals surface area contributed by atoms with Crippen molar-refractivity contribution in [3.8, 4) is 11.5 Å². The quantitative estimate of drug-likeness (QED) is 0.788. The summed E-state index contributed by atoms with van der Waals surface area (Å²) in [6, 6.07) is 12.6. The van der Waals surface area contributed by atoms with E-state index in [-0.39, 0.29) is 25.5 Å². The number of aliphatic hydroxyl groups excluding tert-OH is 1. The maximum absolute atomic E-state index is 12.2. The lowest BCUT2D eigenvalue weighted by Gasteiger charge is -2.13. The van der Waals surface area contributed by atoms with Crippen LogP contribution in [0.5, 0.6) is 11.5 Å². The van der Waals surface area contributed by atoms with Gasteiger partial charge in [0.05, 0.1) is 11.9 Å².